The lowest BCUT2D eigenvalue weighted by molar-refractivity contribution is -0.287. The number of fused-ring (bicyclic) bond motifs is 3. The molecule has 2 saturated heterocycles. The molecule has 2 aliphatic rings. The lowest BCUT2D eigenvalue weighted by Gasteiger charge is -2.24. The smallest absolute Gasteiger partial charge is 0.377 e. The van der Waals surface area contributed by atoms with Crippen molar-refractivity contribution in [1.82, 2.24) is 5.23 Å². The highest BCUT2D eigenvalue weighted by molar-refractivity contribution is 5.97. The first kappa shape index (κ1) is 14.8. The van der Waals surface area contributed by atoms with Crippen molar-refractivity contribution in [2.75, 3.05) is 5.06 Å². The standard InChI is InChI=1S/C13H10N2O8/c16-9-6-13(20)7-10(17)22-15(23-11(13)18)12(19)14(21-9)8-4-2-1-3-5-8/h1-5,20H,6-7H2. The predicted octanol–water partition coefficient (Wildman–Crippen LogP) is -0.172. The monoisotopic (exact) mass is 322 g/mol. The summed E-state index contributed by atoms with van der Waals surface area (Å²) >= 11 is 0. The molecule has 0 saturated carbocycles. The van der Waals surface area contributed by atoms with Crippen LogP contribution in [0.25, 0.3) is 0 Å². The van der Waals surface area contributed by atoms with Crippen molar-refractivity contribution in [2.24, 2.45) is 0 Å². The number of nitrogens with zero attached hydrogens (tertiary/aromatic N) is 2. The molecule has 0 radical (unpaired) electrons. The van der Waals surface area contributed by atoms with Gasteiger partial charge in [0.05, 0.1) is 18.5 Å². The minimum Gasteiger partial charge on any atom is -0.377 e. The van der Waals surface area contributed by atoms with Crippen LogP contribution in [0.1, 0.15) is 12.8 Å². The predicted molar refractivity (Wildman–Crippen MR) is 68.6 cm³/mol. The van der Waals surface area contributed by atoms with Crippen molar-refractivity contribution < 1.29 is 38.8 Å². The molecule has 23 heavy (non-hydrogen) atoms. The van der Waals surface area contributed by atoms with Gasteiger partial charge in [0.15, 0.2) is 5.60 Å². The first-order chi connectivity index (χ1) is 10.9. The average molecular weight is 322 g/mol. The zero-order chi connectivity index (χ0) is 16.6. The van der Waals surface area contributed by atoms with Crippen LogP contribution in [0, 0.1) is 0 Å². The molecule has 2 aliphatic heterocycles. The topological polar surface area (TPSA) is 123 Å². The number of hydrogen-bond donors (Lipinski definition) is 1. The fourth-order valence-corrected chi connectivity index (χ4v) is 2.04. The molecule has 1 N–H and O–H groups in total. The molecule has 10 nitrogen and oxygen atoms in total. The summed E-state index contributed by atoms with van der Waals surface area (Å²) in [7, 11) is 0. The highest BCUT2D eigenvalue weighted by atomic mass is 17.0. The highest BCUT2D eigenvalue weighted by Gasteiger charge is 2.51. The van der Waals surface area contributed by atoms with Crippen LogP contribution < -0.4 is 5.06 Å². The van der Waals surface area contributed by atoms with Crippen molar-refractivity contribution >= 4 is 29.6 Å². The minimum absolute atomic E-state index is 0.0335. The summed E-state index contributed by atoms with van der Waals surface area (Å²) in [6.07, 6.45) is -1.73. The van der Waals surface area contributed by atoms with Gasteiger partial charge in [0.2, 0.25) is 0 Å². The summed E-state index contributed by atoms with van der Waals surface area (Å²) in [5.41, 5.74) is -2.36. The van der Waals surface area contributed by atoms with Crippen LogP contribution in [0.15, 0.2) is 30.3 Å². The summed E-state index contributed by atoms with van der Waals surface area (Å²) in [5, 5.41) is 10.6. The van der Waals surface area contributed by atoms with Crippen LogP contribution in [0.3, 0.4) is 0 Å². The van der Waals surface area contributed by atoms with Crippen LogP contribution >= 0.6 is 0 Å². The molecule has 1 aromatic carbocycles. The Morgan fingerprint density at radius 1 is 0.913 bits per heavy atom. The lowest BCUT2D eigenvalue weighted by Crippen LogP contribution is -2.44. The molecule has 0 aliphatic carbocycles. The number of amides is 2. The molecule has 0 aromatic heterocycles. The highest BCUT2D eigenvalue weighted by Crippen LogP contribution is 2.28. The van der Waals surface area contributed by atoms with E-state index in [9.17, 15) is 24.3 Å². The maximum atomic E-state index is 12.3. The Morgan fingerprint density at radius 2 is 1.52 bits per heavy atom. The zero-order valence-electron chi connectivity index (χ0n) is 11.5. The second kappa shape index (κ2) is 5.25. The van der Waals surface area contributed by atoms with Gasteiger partial charge in [-0.1, -0.05) is 18.2 Å². The van der Waals surface area contributed by atoms with Gasteiger partial charge in [-0.15, -0.1) is 5.06 Å². The van der Waals surface area contributed by atoms with E-state index in [1.807, 2.05) is 0 Å². The molecule has 1 atom stereocenters. The van der Waals surface area contributed by atoms with Gasteiger partial charge in [-0.3, -0.25) is 4.84 Å². The Bertz CT molecular complexity index is 690. The Morgan fingerprint density at radius 3 is 2.17 bits per heavy atom. The van der Waals surface area contributed by atoms with Crippen molar-refractivity contribution in [1.29, 1.82) is 0 Å². The number of carbonyl (C=O) groups is 4. The summed E-state index contributed by atoms with van der Waals surface area (Å²) in [5.74, 6) is -3.59. The number of rotatable bonds is 1. The van der Waals surface area contributed by atoms with Gasteiger partial charge in [0.25, 0.3) is 0 Å². The molecule has 2 amide bonds. The Hall–Kier alpha value is -3.14. The normalized spacial score (nSPS) is 24.9. The van der Waals surface area contributed by atoms with E-state index >= 15 is 0 Å². The number of urea groups is 1. The molecule has 10 heteroatoms. The van der Waals surface area contributed by atoms with E-state index in [1.165, 1.54) is 12.1 Å². The van der Waals surface area contributed by atoms with Gasteiger partial charge >= 0.3 is 23.9 Å². The van der Waals surface area contributed by atoms with Gasteiger partial charge in [-0.2, -0.15) is 0 Å². The van der Waals surface area contributed by atoms with Crippen LogP contribution in [-0.2, 0) is 28.9 Å². The molecule has 3 rings (SSSR count). The molecule has 2 fully saturated rings. The van der Waals surface area contributed by atoms with Crippen molar-refractivity contribution in [3.05, 3.63) is 30.3 Å². The number of hydrogen-bond acceptors (Lipinski definition) is 8. The van der Waals surface area contributed by atoms with Crippen LogP contribution in [0.5, 0.6) is 0 Å². The number of benzene rings is 1. The van der Waals surface area contributed by atoms with Gasteiger partial charge in [-0.25, -0.2) is 19.2 Å². The van der Waals surface area contributed by atoms with Crippen molar-refractivity contribution in [3.8, 4) is 0 Å². The molecule has 1 unspecified atom stereocenters. The molecular weight excluding hydrogens is 312 g/mol. The fourth-order valence-electron chi connectivity index (χ4n) is 2.04. The molecule has 120 valence electrons. The quantitative estimate of drug-likeness (QED) is 0.756. The minimum atomic E-state index is -2.48. The van der Waals surface area contributed by atoms with E-state index in [2.05, 4.69) is 9.68 Å². The van der Waals surface area contributed by atoms with E-state index in [-0.39, 0.29) is 10.9 Å². The number of hydroxylamine groups is 3. The Labute approximate surface area is 128 Å². The maximum Gasteiger partial charge on any atom is 0.428 e. The summed E-state index contributed by atoms with van der Waals surface area (Å²) in [6, 6.07) is 6.40. The van der Waals surface area contributed by atoms with Crippen LogP contribution in [0.2, 0.25) is 0 Å². The first-order valence-electron chi connectivity index (χ1n) is 6.45. The first-order valence-corrected chi connectivity index (χ1v) is 6.45. The van der Waals surface area contributed by atoms with Gasteiger partial charge < -0.3 is 14.8 Å². The lowest BCUT2D eigenvalue weighted by atomic mass is 9.96. The molecule has 0 spiro atoms. The number of anilines is 1. The van der Waals surface area contributed by atoms with Crippen molar-refractivity contribution in [2.45, 2.75) is 18.4 Å². The second-order valence-electron chi connectivity index (χ2n) is 4.86. The number of para-hydroxylation sites is 1. The maximum absolute atomic E-state index is 12.3. The van der Waals surface area contributed by atoms with Gasteiger partial charge in [-0.05, 0) is 12.1 Å². The Balaban J connectivity index is 2.04. The summed E-state index contributed by atoms with van der Waals surface area (Å²) in [6.45, 7) is 0. The third-order valence-electron chi connectivity index (χ3n) is 3.12. The third kappa shape index (κ3) is 2.66. The Kier molecular flexibility index (Phi) is 3.37. The largest absolute Gasteiger partial charge is 0.428 e. The zero-order valence-corrected chi connectivity index (χ0v) is 11.5. The van der Waals surface area contributed by atoms with Gasteiger partial charge in [0.1, 0.15) is 0 Å². The van der Waals surface area contributed by atoms with Crippen LogP contribution in [-0.4, -0.2) is 39.9 Å². The fraction of sp³-hybridized carbons (Fsp3) is 0.231. The third-order valence-corrected chi connectivity index (χ3v) is 3.12. The molecule has 1 aromatic rings. The van der Waals surface area contributed by atoms with E-state index in [0.717, 1.165) is 0 Å². The SMILES string of the molecule is O=C1CC2(O)CC(=O)ON(c3ccccc3)C(=O)N(O1)OC2=O. The van der Waals surface area contributed by atoms with E-state index in [0.29, 0.717) is 5.06 Å². The molecular formula is C13H10N2O8. The van der Waals surface area contributed by atoms with Crippen LogP contribution in [0.4, 0.5) is 10.5 Å². The van der Waals surface area contributed by atoms with E-state index < -0.39 is 42.4 Å². The number of aliphatic hydroxyl groups is 1. The molecule has 2 bridgehead atoms. The molecule has 2 heterocycles. The van der Waals surface area contributed by atoms with Gasteiger partial charge in [0, 0.05) is 5.23 Å². The summed E-state index contributed by atoms with van der Waals surface area (Å²) < 4.78 is 0. The summed E-state index contributed by atoms with van der Waals surface area (Å²) in [4.78, 5) is 61.8. The van der Waals surface area contributed by atoms with E-state index in [1.54, 1.807) is 18.2 Å². The second-order valence-corrected chi connectivity index (χ2v) is 4.86. The average Bonchev–Trinajstić information content (AvgIpc) is 2.59. The van der Waals surface area contributed by atoms with E-state index in [4.69, 9.17) is 4.84 Å². The van der Waals surface area contributed by atoms with Crippen molar-refractivity contribution in [3.63, 3.8) is 0 Å². The number of carbonyl (C=O) groups excluding carboxylic acids is 4.